The fourth-order valence-corrected chi connectivity index (χ4v) is 1.83. The van der Waals surface area contributed by atoms with Crippen LogP contribution in [0, 0.1) is 0 Å². The third kappa shape index (κ3) is 2.97. The number of rotatable bonds is 6. The van der Waals surface area contributed by atoms with Crippen LogP contribution in [0.4, 0.5) is 0 Å². The number of imidazole rings is 1. The lowest BCUT2D eigenvalue weighted by atomic mass is 10.2. The number of hydrogen-bond donors (Lipinski definition) is 1. The Morgan fingerprint density at radius 3 is 3.12 bits per heavy atom. The minimum absolute atomic E-state index is 0.205. The molecule has 0 aliphatic carbocycles. The molecule has 0 aromatic carbocycles. The molecule has 1 unspecified atom stereocenters. The summed E-state index contributed by atoms with van der Waals surface area (Å²) in [5.74, 6) is 2.03. The standard InChI is InChI=1S/C13H19N3O/c1-3-7-16-8-6-14-13(16)10-15-11(2)12-5-4-9-17-12/h4-6,8-9,11,15H,3,7,10H2,1-2H3. The summed E-state index contributed by atoms with van der Waals surface area (Å²) < 4.78 is 7.54. The Morgan fingerprint density at radius 1 is 1.53 bits per heavy atom. The van der Waals surface area contributed by atoms with E-state index in [-0.39, 0.29) is 6.04 Å². The van der Waals surface area contributed by atoms with E-state index in [1.54, 1.807) is 6.26 Å². The topological polar surface area (TPSA) is 43.0 Å². The molecule has 2 aromatic heterocycles. The number of nitrogens with zero attached hydrogens (tertiary/aromatic N) is 2. The Kier molecular flexibility index (Phi) is 3.98. The maximum absolute atomic E-state index is 5.35. The molecule has 0 aliphatic heterocycles. The first-order valence-corrected chi connectivity index (χ1v) is 6.08. The van der Waals surface area contributed by atoms with E-state index >= 15 is 0 Å². The first-order chi connectivity index (χ1) is 8.31. The number of nitrogens with one attached hydrogen (secondary N) is 1. The van der Waals surface area contributed by atoms with Crippen LogP contribution in [0.15, 0.2) is 35.2 Å². The minimum Gasteiger partial charge on any atom is -0.468 e. The monoisotopic (exact) mass is 233 g/mol. The summed E-state index contributed by atoms with van der Waals surface area (Å²) in [6.07, 6.45) is 6.70. The van der Waals surface area contributed by atoms with Crippen molar-refractivity contribution in [2.45, 2.75) is 39.4 Å². The van der Waals surface area contributed by atoms with Crippen LogP contribution in [0.3, 0.4) is 0 Å². The van der Waals surface area contributed by atoms with Gasteiger partial charge in [-0.1, -0.05) is 6.92 Å². The van der Waals surface area contributed by atoms with E-state index in [1.165, 1.54) is 0 Å². The molecule has 4 heteroatoms. The molecular weight excluding hydrogens is 214 g/mol. The van der Waals surface area contributed by atoms with Gasteiger partial charge in [-0.2, -0.15) is 0 Å². The van der Waals surface area contributed by atoms with E-state index in [1.807, 2.05) is 24.5 Å². The normalized spacial score (nSPS) is 12.8. The average Bonchev–Trinajstić information content (AvgIpc) is 2.97. The second kappa shape index (κ2) is 5.68. The smallest absolute Gasteiger partial charge is 0.122 e. The number of furan rings is 1. The van der Waals surface area contributed by atoms with Crippen LogP contribution < -0.4 is 5.32 Å². The molecule has 0 spiro atoms. The van der Waals surface area contributed by atoms with E-state index in [0.717, 1.165) is 31.1 Å². The maximum Gasteiger partial charge on any atom is 0.122 e. The molecule has 0 saturated heterocycles. The fourth-order valence-electron chi connectivity index (χ4n) is 1.83. The van der Waals surface area contributed by atoms with Gasteiger partial charge in [0, 0.05) is 18.9 Å². The van der Waals surface area contributed by atoms with Gasteiger partial charge in [-0.25, -0.2) is 4.98 Å². The van der Waals surface area contributed by atoms with Crippen LogP contribution in [0.5, 0.6) is 0 Å². The minimum atomic E-state index is 0.205. The number of aromatic nitrogens is 2. The SMILES string of the molecule is CCCn1ccnc1CNC(C)c1ccco1. The number of hydrogen-bond acceptors (Lipinski definition) is 3. The van der Waals surface area contributed by atoms with Crippen molar-refractivity contribution in [3.63, 3.8) is 0 Å². The van der Waals surface area contributed by atoms with Crippen LogP contribution in [0.1, 0.15) is 37.9 Å². The first kappa shape index (κ1) is 11.9. The summed E-state index contributed by atoms with van der Waals surface area (Å²) in [4.78, 5) is 4.36. The zero-order valence-electron chi connectivity index (χ0n) is 10.4. The molecule has 4 nitrogen and oxygen atoms in total. The Hall–Kier alpha value is -1.55. The van der Waals surface area contributed by atoms with Crippen molar-refractivity contribution in [3.05, 3.63) is 42.4 Å². The molecule has 2 aromatic rings. The lowest BCUT2D eigenvalue weighted by Gasteiger charge is -2.12. The van der Waals surface area contributed by atoms with E-state index in [9.17, 15) is 0 Å². The molecular formula is C13H19N3O. The van der Waals surface area contributed by atoms with Gasteiger partial charge < -0.3 is 14.3 Å². The molecule has 0 amide bonds. The molecule has 2 heterocycles. The predicted molar refractivity (Wildman–Crippen MR) is 66.5 cm³/mol. The van der Waals surface area contributed by atoms with Crippen molar-refractivity contribution in [2.24, 2.45) is 0 Å². The Morgan fingerprint density at radius 2 is 2.41 bits per heavy atom. The van der Waals surface area contributed by atoms with Gasteiger partial charge in [-0.15, -0.1) is 0 Å². The Balaban J connectivity index is 1.91. The summed E-state index contributed by atoms with van der Waals surface area (Å²) in [6, 6.07) is 4.10. The van der Waals surface area contributed by atoms with Crippen LogP contribution in [0.25, 0.3) is 0 Å². The zero-order valence-corrected chi connectivity index (χ0v) is 10.4. The molecule has 17 heavy (non-hydrogen) atoms. The third-order valence-corrected chi connectivity index (χ3v) is 2.80. The van der Waals surface area contributed by atoms with Crippen LogP contribution in [0.2, 0.25) is 0 Å². The predicted octanol–water partition coefficient (Wildman–Crippen LogP) is 2.74. The lowest BCUT2D eigenvalue weighted by Crippen LogP contribution is -2.20. The molecule has 0 aliphatic rings. The summed E-state index contributed by atoms with van der Waals surface area (Å²) in [5.41, 5.74) is 0. The van der Waals surface area contributed by atoms with Gasteiger partial charge in [-0.3, -0.25) is 0 Å². The van der Waals surface area contributed by atoms with Gasteiger partial charge in [0.05, 0.1) is 18.8 Å². The van der Waals surface area contributed by atoms with Crippen LogP contribution in [-0.2, 0) is 13.1 Å². The molecule has 1 N–H and O–H groups in total. The van der Waals surface area contributed by atoms with Crippen molar-refractivity contribution < 1.29 is 4.42 Å². The van der Waals surface area contributed by atoms with Crippen molar-refractivity contribution in [1.82, 2.24) is 14.9 Å². The van der Waals surface area contributed by atoms with E-state index < -0.39 is 0 Å². The first-order valence-electron chi connectivity index (χ1n) is 6.08. The lowest BCUT2D eigenvalue weighted by molar-refractivity contribution is 0.423. The van der Waals surface area contributed by atoms with Crippen molar-refractivity contribution in [3.8, 4) is 0 Å². The molecule has 0 saturated carbocycles. The average molecular weight is 233 g/mol. The summed E-state index contributed by atoms with van der Waals surface area (Å²) in [5, 5.41) is 3.41. The Labute approximate surface area is 102 Å². The highest BCUT2D eigenvalue weighted by Gasteiger charge is 2.09. The van der Waals surface area contributed by atoms with Crippen LogP contribution >= 0.6 is 0 Å². The van der Waals surface area contributed by atoms with Gasteiger partial charge in [0.2, 0.25) is 0 Å². The van der Waals surface area contributed by atoms with Crippen molar-refractivity contribution >= 4 is 0 Å². The van der Waals surface area contributed by atoms with Gasteiger partial charge in [-0.05, 0) is 25.5 Å². The highest BCUT2D eigenvalue weighted by atomic mass is 16.3. The second-order valence-electron chi connectivity index (χ2n) is 4.15. The highest BCUT2D eigenvalue weighted by Crippen LogP contribution is 2.12. The molecule has 0 fully saturated rings. The second-order valence-corrected chi connectivity index (χ2v) is 4.15. The van der Waals surface area contributed by atoms with Gasteiger partial charge in [0.15, 0.2) is 0 Å². The largest absolute Gasteiger partial charge is 0.468 e. The van der Waals surface area contributed by atoms with Gasteiger partial charge in [0.1, 0.15) is 11.6 Å². The van der Waals surface area contributed by atoms with E-state index in [2.05, 4.69) is 28.7 Å². The zero-order chi connectivity index (χ0) is 12.1. The van der Waals surface area contributed by atoms with Crippen LogP contribution in [-0.4, -0.2) is 9.55 Å². The van der Waals surface area contributed by atoms with Gasteiger partial charge >= 0.3 is 0 Å². The third-order valence-electron chi connectivity index (χ3n) is 2.80. The fraction of sp³-hybridized carbons (Fsp3) is 0.462. The van der Waals surface area contributed by atoms with Crippen molar-refractivity contribution in [2.75, 3.05) is 0 Å². The summed E-state index contributed by atoms with van der Waals surface area (Å²) >= 11 is 0. The van der Waals surface area contributed by atoms with Crippen molar-refractivity contribution in [1.29, 1.82) is 0 Å². The summed E-state index contributed by atoms with van der Waals surface area (Å²) in [6.45, 7) is 6.04. The molecule has 0 bridgehead atoms. The molecule has 1 atom stereocenters. The van der Waals surface area contributed by atoms with E-state index in [4.69, 9.17) is 4.42 Å². The quantitative estimate of drug-likeness (QED) is 0.834. The Bertz CT molecular complexity index is 433. The maximum atomic E-state index is 5.35. The highest BCUT2D eigenvalue weighted by molar-refractivity contribution is 5.03. The summed E-state index contributed by atoms with van der Waals surface area (Å²) in [7, 11) is 0. The molecule has 0 radical (unpaired) electrons. The van der Waals surface area contributed by atoms with Gasteiger partial charge in [0.25, 0.3) is 0 Å². The molecule has 92 valence electrons. The number of aryl methyl sites for hydroxylation is 1. The van der Waals surface area contributed by atoms with E-state index in [0.29, 0.717) is 0 Å². The molecule has 2 rings (SSSR count).